The molecule has 10 nitrogen and oxygen atoms in total. The number of carbonyl (C=O) groups is 1. The van der Waals surface area contributed by atoms with Gasteiger partial charge < -0.3 is 20.3 Å². The molecule has 4 fully saturated rings. The van der Waals surface area contributed by atoms with Crippen molar-refractivity contribution < 1.29 is 19.4 Å². The largest absolute Gasteiger partial charge is 0.481 e. The van der Waals surface area contributed by atoms with Gasteiger partial charge in [0.15, 0.2) is 0 Å². The van der Waals surface area contributed by atoms with Gasteiger partial charge in [0, 0.05) is 28.8 Å². The fourth-order valence-electron chi connectivity index (χ4n) is 12.5. The van der Waals surface area contributed by atoms with Gasteiger partial charge in [-0.25, -0.2) is 14.6 Å². The van der Waals surface area contributed by atoms with E-state index in [9.17, 15) is 9.90 Å². The molecule has 2 aromatic rings. The van der Waals surface area contributed by atoms with Crippen LogP contribution < -0.4 is 5.73 Å². The molecule has 10 heteroatoms. The highest BCUT2D eigenvalue weighted by atomic mass is 16.5. The Balaban J connectivity index is 1.33. The van der Waals surface area contributed by atoms with Crippen LogP contribution >= 0.6 is 0 Å². The number of carboxylic acids is 1. The van der Waals surface area contributed by atoms with Crippen molar-refractivity contribution in [1.82, 2.24) is 24.7 Å². The van der Waals surface area contributed by atoms with Crippen LogP contribution in [0.15, 0.2) is 36.6 Å². The third kappa shape index (κ3) is 5.30. The lowest BCUT2D eigenvalue weighted by Gasteiger charge is -2.71. The normalized spacial score (nSPS) is 41.7. The highest BCUT2D eigenvalue weighted by Gasteiger charge is 2.72. The van der Waals surface area contributed by atoms with Gasteiger partial charge in [-0.15, -0.1) is 5.10 Å². The Kier molecular flexibility index (Phi) is 9.18. The Morgan fingerprint density at radius 3 is 2.48 bits per heavy atom. The Labute approximate surface area is 311 Å². The van der Waals surface area contributed by atoms with Crippen molar-refractivity contribution in [3.05, 3.63) is 36.6 Å². The first kappa shape index (κ1) is 37.6. The first-order valence-electron chi connectivity index (χ1n) is 19.9. The quantitative estimate of drug-likeness (QED) is 0.251. The van der Waals surface area contributed by atoms with E-state index >= 15 is 0 Å². The van der Waals surface area contributed by atoms with Crippen LogP contribution in [0, 0.1) is 62.6 Å². The molecule has 0 unspecified atom stereocenters. The molecule has 3 saturated carbocycles. The summed E-state index contributed by atoms with van der Waals surface area (Å²) in [6, 6.07) is -0.111. The molecule has 12 atom stereocenters. The third-order valence-electron chi connectivity index (χ3n) is 16.6. The van der Waals surface area contributed by atoms with E-state index in [0.717, 1.165) is 38.5 Å². The second-order valence-electron chi connectivity index (χ2n) is 19.6. The number of hydrogen-bond acceptors (Lipinski definition) is 8. The summed E-state index contributed by atoms with van der Waals surface area (Å²) >= 11 is 0. The molecule has 3 N–H and O–H groups in total. The van der Waals surface area contributed by atoms with Gasteiger partial charge in [-0.3, -0.25) is 9.78 Å². The third-order valence-corrected chi connectivity index (χ3v) is 16.6. The van der Waals surface area contributed by atoms with Crippen LogP contribution in [0.3, 0.4) is 0 Å². The van der Waals surface area contributed by atoms with Crippen molar-refractivity contribution in [2.24, 2.45) is 68.3 Å². The summed E-state index contributed by atoms with van der Waals surface area (Å²) in [5, 5.41) is 16.2. The van der Waals surface area contributed by atoms with Gasteiger partial charge in [-0.05, 0) is 91.3 Å². The average Bonchev–Trinajstić information content (AvgIpc) is 3.58. The maximum Gasteiger partial charge on any atom is 0.307 e. The van der Waals surface area contributed by atoms with Gasteiger partial charge >= 0.3 is 5.97 Å². The molecule has 4 aliphatic carbocycles. The zero-order chi connectivity index (χ0) is 37.6. The van der Waals surface area contributed by atoms with Crippen LogP contribution in [0.2, 0.25) is 0 Å². The standard InChI is InChI=1S/C42H64N6O4/c1-25(2)27(5)37(6)15-16-39(8)28-11-12-32-38(7)21-51-23-42(32,29(28)13-14-40(39,9)33(37)36(49)50)19-31(34(38)52-22-41(10,43)26(3)4)48-24-46-35(47-48)30-20-44-17-18-45-30/h13,17-18,20,24-28,31-34H,11-12,14-16,19,21-23,43H2,1-10H3,(H,49,50)/t27-,28+,31-,32+,33-,34+,37-,38-,39-,40+,41+,42+/m1/s1. The zero-order valence-corrected chi connectivity index (χ0v) is 33.4. The minimum absolute atomic E-state index is 0.111. The SMILES string of the molecule is CC(C)[C@@H](C)[C@@]1(C)CC[C@]2(C)[C@H]3CC[C@@H]4[C@@]5(COC[C@@]4(C)[C@@H](OC[C@](C)(N)C(C)C)[C@H](n4cnc(-c6cnccn6)n4)C5)C3=CC[C@@]2(C)[C@@H]1C(=O)O. The van der Waals surface area contributed by atoms with E-state index in [1.807, 2.05) is 11.0 Å². The Bertz CT molecular complexity index is 1690. The summed E-state index contributed by atoms with van der Waals surface area (Å²) in [5.41, 5.74) is 7.17. The minimum Gasteiger partial charge on any atom is -0.481 e. The first-order chi connectivity index (χ1) is 24.4. The van der Waals surface area contributed by atoms with E-state index in [2.05, 4.69) is 85.3 Å². The van der Waals surface area contributed by atoms with Gasteiger partial charge in [0.2, 0.25) is 5.82 Å². The fraction of sp³-hybridized carbons (Fsp3) is 0.786. The summed E-state index contributed by atoms with van der Waals surface area (Å²) in [6.07, 6.45) is 14.8. The molecule has 0 radical (unpaired) electrons. The second kappa shape index (κ2) is 12.7. The van der Waals surface area contributed by atoms with Crippen molar-refractivity contribution in [2.75, 3.05) is 19.8 Å². The molecule has 0 spiro atoms. The maximum atomic E-state index is 13.5. The number of rotatable bonds is 9. The van der Waals surface area contributed by atoms with Crippen LogP contribution in [-0.4, -0.2) is 67.3 Å². The summed E-state index contributed by atoms with van der Waals surface area (Å²) in [5.74, 6) is 1.09. The molecule has 7 rings (SSSR count). The van der Waals surface area contributed by atoms with Gasteiger partial charge in [0.25, 0.3) is 0 Å². The van der Waals surface area contributed by atoms with E-state index in [0.29, 0.717) is 49.1 Å². The molecule has 1 saturated heterocycles. The van der Waals surface area contributed by atoms with Crippen molar-refractivity contribution in [3.63, 3.8) is 0 Å². The van der Waals surface area contributed by atoms with Crippen molar-refractivity contribution in [1.29, 1.82) is 0 Å². The van der Waals surface area contributed by atoms with Crippen molar-refractivity contribution in [3.8, 4) is 11.5 Å². The predicted octanol–water partition coefficient (Wildman–Crippen LogP) is 7.62. The van der Waals surface area contributed by atoms with Gasteiger partial charge in [0.05, 0.1) is 44.1 Å². The summed E-state index contributed by atoms with van der Waals surface area (Å²) in [4.78, 5) is 27.0. The lowest BCUT2D eigenvalue weighted by molar-refractivity contribution is -0.252. The second-order valence-corrected chi connectivity index (χ2v) is 19.6. The van der Waals surface area contributed by atoms with Crippen molar-refractivity contribution >= 4 is 5.97 Å². The lowest BCUT2D eigenvalue weighted by Crippen LogP contribution is -2.69. The number of allylic oxidation sites excluding steroid dienone is 1. The van der Waals surface area contributed by atoms with Gasteiger partial charge in [0.1, 0.15) is 12.0 Å². The van der Waals surface area contributed by atoms with E-state index in [-0.39, 0.29) is 51.1 Å². The summed E-state index contributed by atoms with van der Waals surface area (Å²) in [6.45, 7) is 24.3. The zero-order valence-electron chi connectivity index (χ0n) is 33.4. The molecule has 0 amide bonds. The smallest absolute Gasteiger partial charge is 0.307 e. The van der Waals surface area contributed by atoms with Crippen LogP contribution in [0.25, 0.3) is 11.5 Å². The minimum atomic E-state index is -0.628. The molecular weight excluding hydrogens is 653 g/mol. The molecule has 5 aliphatic rings. The van der Waals surface area contributed by atoms with E-state index < -0.39 is 17.4 Å². The van der Waals surface area contributed by atoms with Crippen LogP contribution in [-0.2, 0) is 14.3 Å². The molecule has 1 aliphatic heterocycles. The van der Waals surface area contributed by atoms with Crippen LogP contribution in [0.1, 0.15) is 114 Å². The number of ether oxygens (including phenoxy) is 2. The number of aromatic nitrogens is 5. The van der Waals surface area contributed by atoms with E-state index in [4.69, 9.17) is 25.3 Å². The number of aliphatic carboxylic acids is 1. The Hall–Kier alpha value is -2.69. The topological polar surface area (TPSA) is 138 Å². The number of fused-ring (bicyclic) bond motifs is 3. The average molecular weight is 717 g/mol. The highest BCUT2D eigenvalue weighted by molar-refractivity contribution is 5.73. The molecule has 2 bridgehead atoms. The number of carboxylic acid groups (broad SMARTS) is 1. The maximum absolute atomic E-state index is 13.5. The molecule has 2 aromatic heterocycles. The molecule has 0 aromatic carbocycles. The number of nitrogens with zero attached hydrogens (tertiary/aromatic N) is 5. The molecule has 3 heterocycles. The van der Waals surface area contributed by atoms with Gasteiger partial charge in [-0.2, -0.15) is 0 Å². The highest BCUT2D eigenvalue weighted by Crippen LogP contribution is 2.75. The number of hydrogen-bond donors (Lipinski definition) is 2. The fourth-order valence-corrected chi connectivity index (χ4v) is 12.5. The van der Waals surface area contributed by atoms with Crippen molar-refractivity contribution in [2.45, 2.75) is 125 Å². The monoisotopic (exact) mass is 716 g/mol. The number of nitrogens with two attached hydrogens (primary N) is 1. The summed E-state index contributed by atoms with van der Waals surface area (Å²) < 4.78 is 15.9. The van der Waals surface area contributed by atoms with Crippen LogP contribution in [0.5, 0.6) is 0 Å². The summed E-state index contributed by atoms with van der Waals surface area (Å²) in [7, 11) is 0. The Morgan fingerprint density at radius 2 is 1.83 bits per heavy atom. The predicted molar refractivity (Wildman–Crippen MR) is 201 cm³/mol. The van der Waals surface area contributed by atoms with Crippen LogP contribution in [0.4, 0.5) is 0 Å². The van der Waals surface area contributed by atoms with Gasteiger partial charge in [-0.1, -0.05) is 74.0 Å². The lowest BCUT2D eigenvalue weighted by atomic mass is 9.34. The molecule has 52 heavy (non-hydrogen) atoms. The molecular formula is C42H64N6O4. The Morgan fingerprint density at radius 1 is 1.08 bits per heavy atom. The molecule has 286 valence electrons. The first-order valence-corrected chi connectivity index (χ1v) is 19.9. The van der Waals surface area contributed by atoms with E-state index in [1.54, 1.807) is 18.6 Å². The van der Waals surface area contributed by atoms with E-state index in [1.165, 1.54) is 5.57 Å².